The molecule has 4 nitrogen and oxygen atoms in total. The number of nitrogens with one attached hydrogen (secondary N) is 2. The Kier molecular flexibility index (Phi) is 5.78. The summed E-state index contributed by atoms with van der Waals surface area (Å²) in [5, 5.41) is 3.19. The van der Waals surface area contributed by atoms with Gasteiger partial charge < -0.3 is 5.32 Å². The van der Waals surface area contributed by atoms with Gasteiger partial charge in [0, 0.05) is 13.1 Å². The van der Waals surface area contributed by atoms with E-state index in [1.807, 2.05) is 32.9 Å². The molecule has 102 valence electrons. The minimum absolute atomic E-state index is 0.381. The Morgan fingerprint density at radius 1 is 1.22 bits per heavy atom. The number of sulfonamides is 1. The lowest BCUT2D eigenvalue weighted by Crippen LogP contribution is -2.25. The maximum absolute atomic E-state index is 12.1. The summed E-state index contributed by atoms with van der Waals surface area (Å²) < 4.78 is 26.8. The van der Waals surface area contributed by atoms with Crippen LogP contribution in [0.15, 0.2) is 23.1 Å². The van der Waals surface area contributed by atoms with E-state index in [-0.39, 0.29) is 0 Å². The molecule has 0 aromatic heterocycles. The molecule has 2 N–H and O–H groups in total. The Balaban J connectivity index is 2.99. The predicted molar refractivity (Wildman–Crippen MR) is 74.0 cm³/mol. The summed E-state index contributed by atoms with van der Waals surface area (Å²) in [5.41, 5.74) is 1.76. The van der Waals surface area contributed by atoms with Crippen molar-refractivity contribution in [1.82, 2.24) is 10.0 Å². The zero-order chi connectivity index (χ0) is 13.6. The zero-order valence-corrected chi connectivity index (χ0v) is 12.1. The molecule has 18 heavy (non-hydrogen) atoms. The molecule has 0 fully saturated rings. The van der Waals surface area contributed by atoms with Gasteiger partial charge in [0.05, 0.1) is 4.90 Å². The highest BCUT2D eigenvalue weighted by molar-refractivity contribution is 7.89. The number of rotatable bonds is 7. The molecule has 0 aliphatic heterocycles. The van der Waals surface area contributed by atoms with Gasteiger partial charge in [-0.1, -0.05) is 26.0 Å². The summed E-state index contributed by atoms with van der Waals surface area (Å²) in [6, 6.07) is 5.56. The molecule has 5 heteroatoms. The van der Waals surface area contributed by atoms with Crippen molar-refractivity contribution in [3.05, 3.63) is 29.3 Å². The van der Waals surface area contributed by atoms with Crippen LogP contribution in [0.4, 0.5) is 0 Å². The van der Waals surface area contributed by atoms with Gasteiger partial charge in [0.25, 0.3) is 0 Å². The summed E-state index contributed by atoms with van der Waals surface area (Å²) in [5.74, 6) is 0. The van der Waals surface area contributed by atoms with E-state index in [0.717, 1.165) is 24.1 Å². The van der Waals surface area contributed by atoms with E-state index in [4.69, 9.17) is 0 Å². The quantitative estimate of drug-likeness (QED) is 0.794. The fraction of sp³-hybridized carbons (Fsp3) is 0.538. The van der Waals surface area contributed by atoms with E-state index in [0.29, 0.717) is 18.0 Å². The second-order valence-corrected chi connectivity index (χ2v) is 6.01. The maximum atomic E-state index is 12.1. The van der Waals surface area contributed by atoms with E-state index < -0.39 is 10.0 Å². The topological polar surface area (TPSA) is 58.2 Å². The second-order valence-electron chi connectivity index (χ2n) is 4.28. The molecular weight excluding hydrogens is 248 g/mol. The van der Waals surface area contributed by atoms with Gasteiger partial charge >= 0.3 is 0 Å². The highest BCUT2D eigenvalue weighted by Gasteiger charge is 2.16. The van der Waals surface area contributed by atoms with Gasteiger partial charge in [-0.2, -0.15) is 0 Å². The summed E-state index contributed by atoms with van der Waals surface area (Å²) in [6.45, 7) is 7.81. The monoisotopic (exact) mass is 270 g/mol. The average molecular weight is 270 g/mol. The normalized spacial score (nSPS) is 11.7. The van der Waals surface area contributed by atoms with Crippen molar-refractivity contribution >= 4 is 10.0 Å². The van der Waals surface area contributed by atoms with Crippen LogP contribution in [-0.2, 0) is 16.6 Å². The highest BCUT2D eigenvalue weighted by Crippen LogP contribution is 2.17. The van der Waals surface area contributed by atoms with E-state index in [1.165, 1.54) is 0 Å². The molecule has 0 radical (unpaired) electrons. The fourth-order valence-electron chi connectivity index (χ4n) is 1.63. The number of aryl methyl sites for hydroxylation is 1. The van der Waals surface area contributed by atoms with Crippen LogP contribution in [-0.4, -0.2) is 21.5 Å². The number of hydrogen-bond acceptors (Lipinski definition) is 3. The summed E-state index contributed by atoms with van der Waals surface area (Å²) in [7, 11) is -3.38. The summed E-state index contributed by atoms with van der Waals surface area (Å²) in [6.07, 6.45) is 0.787. The lowest BCUT2D eigenvalue weighted by molar-refractivity contribution is 0.580. The molecule has 1 rings (SSSR count). The van der Waals surface area contributed by atoms with Crippen LogP contribution in [0, 0.1) is 6.92 Å². The SMILES string of the molecule is CCCNS(=O)(=O)c1cc(CNCC)ccc1C. The number of benzene rings is 1. The standard InChI is InChI=1S/C13H22N2O2S/c1-4-8-15-18(16,17)13-9-12(10-14-5-2)7-6-11(13)3/h6-7,9,14-15H,4-5,8,10H2,1-3H3. The molecule has 0 saturated carbocycles. The van der Waals surface area contributed by atoms with Gasteiger partial charge in [-0.25, -0.2) is 13.1 Å². The van der Waals surface area contributed by atoms with Crippen LogP contribution in [0.25, 0.3) is 0 Å². The lowest BCUT2D eigenvalue weighted by Gasteiger charge is -2.11. The fourth-order valence-corrected chi connectivity index (χ4v) is 3.05. The van der Waals surface area contributed by atoms with Crippen LogP contribution >= 0.6 is 0 Å². The molecule has 0 unspecified atom stereocenters. The molecule has 0 amide bonds. The minimum Gasteiger partial charge on any atom is -0.313 e. The predicted octanol–water partition coefficient (Wildman–Crippen LogP) is 1.79. The minimum atomic E-state index is -3.38. The first-order chi connectivity index (χ1) is 8.51. The molecule has 0 bridgehead atoms. The van der Waals surface area contributed by atoms with Crippen LogP contribution < -0.4 is 10.0 Å². The molecule has 0 aliphatic rings. The van der Waals surface area contributed by atoms with Gasteiger partial charge in [-0.05, 0) is 37.1 Å². The smallest absolute Gasteiger partial charge is 0.240 e. The van der Waals surface area contributed by atoms with Crippen molar-refractivity contribution in [3.8, 4) is 0 Å². The molecule has 0 atom stereocenters. The molecule has 1 aromatic carbocycles. The van der Waals surface area contributed by atoms with E-state index in [9.17, 15) is 8.42 Å². The molecule has 0 saturated heterocycles. The van der Waals surface area contributed by atoms with Crippen molar-refractivity contribution in [2.24, 2.45) is 0 Å². The third-order valence-corrected chi connectivity index (χ3v) is 4.27. The van der Waals surface area contributed by atoms with Crippen LogP contribution in [0.1, 0.15) is 31.4 Å². The molecule has 0 heterocycles. The van der Waals surface area contributed by atoms with E-state index >= 15 is 0 Å². The van der Waals surface area contributed by atoms with Crippen molar-refractivity contribution in [2.45, 2.75) is 38.6 Å². The van der Waals surface area contributed by atoms with Gasteiger partial charge in [-0.15, -0.1) is 0 Å². The van der Waals surface area contributed by atoms with Crippen molar-refractivity contribution < 1.29 is 8.42 Å². The first-order valence-electron chi connectivity index (χ1n) is 6.31. The average Bonchev–Trinajstić information content (AvgIpc) is 2.35. The largest absolute Gasteiger partial charge is 0.313 e. The molecule has 0 spiro atoms. The molecule has 0 aliphatic carbocycles. The zero-order valence-electron chi connectivity index (χ0n) is 11.3. The Bertz CT molecular complexity index is 484. The Hall–Kier alpha value is -0.910. The van der Waals surface area contributed by atoms with Crippen LogP contribution in [0.5, 0.6) is 0 Å². The van der Waals surface area contributed by atoms with Crippen molar-refractivity contribution in [1.29, 1.82) is 0 Å². The summed E-state index contributed by atoms with van der Waals surface area (Å²) >= 11 is 0. The van der Waals surface area contributed by atoms with E-state index in [2.05, 4.69) is 10.0 Å². The Morgan fingerprint density at radius 3 is 2.56 bits per heavy atom. The van der Waals surface area contributed by atoms with Gasteiger partial charge in [0.15, 0.2) is 0 Å². The van der Waals surface area contributed by atoms with Gasteiger partial charge in [0.1, 0.15) is 0 Å². The Labute approximate surface area is 110 Å². The summed E-state index contributed by atoms with van der Waals surface area (Å²) in [4.78, 5) is 0.381. The highest BCUT2D eigenvalue weighted by atomic mass is 32.2. The van der Waals surface area contributed by atoms with Crippen LogP contribution in [0.2, 0.25) is 0 Å². The second kappa shape index (κ2) is 6.87. The first-order valence-corrected chi connectivity index (χ1v) is 7.79. The first kappa shape index (κ1) is 15.1. The Morgan fingerprint density at radius 2 is 1.94 bits per heavy atom. The van der Waals surface area contributed by atoms with Crippen molar-refractivity contribution in [2.75, 3.05) is 13.1 Å². The maximum Gasteiger partial charge on any atom is 0.240 e. The molecule has 1 aromatic rings. The number of hydrogen-bond donors (Lipinski definition) is 2. The van der Waals surface area contributed by atoms with Crippen molar-refractivity contribution in [3.63, 3.8) is 0 Å². The molecular formula is C13H22N2O2S. The lowest BCUT2D eigenvalue weighted by atomic mass is 10.1. The third kappa shape index (κ3) is 4.08. The van der Waals surface area contributed by atoms with Gasteiger partial charge in [-0.3, -0.25) is 0 Å². The van der Waals surface area contributed by atoms with E-state index in [1.54, 1.807) is 6.07 Å². The van der Waals surface area contributed by atoms with Crippen LogP contribution in [0.3, 0.4) is 0 Å². The van der Waals surface area contributed by atoms with Gasteiger partial charge in [0.2, 0.25) is 10.0 Å². The third-order valence-electron chi connectivity index (χ3n) is 2.66.